The first-order valence-electron chi connectivity index (χ1n) is 6.98. The van der Waals surface area contributed by atoms with Crippen molar-refractivity contribution in [3.05, 3.63) is 21.9 Å². The minimum atomic E-state index is -0.636. The van der Waals surface area contributed by atoms with Crippen LogP contribution in [-0.4, -0.2) is 5.11 Å². The molecule has 0 aromatic carbocycles. The van der Waals surface area contributed by atoms with Crippen molar-refractivity contribution in [1.29, 1.82) is 5.26 Å². The largest absolute Gasteiger partial charge is 0.386 e. The number of nitriles is 1. The maximum Gasteiger partial charge on any atom is 0.107 e. The highest BCUT2D eigenvalue weighted by molar-refractivity contribution is 7.12. The van der Waals surface area contributed by atoms with Crippen LogP contribution < -0.4 is 0 Å². The van der Waals surface area contributed by atoms with Gasteiger partial charge in [-0.25, -0.2) is 0 Å². The summed E-state index contributed by atoms with van der Waals surface area (Å²) in [5, 5.41) is 20.2. The van der Waals surface area contributed by atoms with Crippen molar-refractivity contribution in [1.82, 2.24) is 0 Å². The van der Waals surface area contributed by atoms with E-state index in [0.717, 1.165) is 24.1 Å². The Hall–Kier alpha value is -0.850. The maximum absolute atomic E-state index is 10.7. The summed E-state index contributed by atoms with van der Waals surface area (Å²) in [7, 11) is 0. The smallest absolute Gasteiger partial charge is 0.107 e. The summed E-state index contributed by atoms with van der Waals surface area (Å²) in [6.07, 6.45) is 2.04. The van der Waals surface area contributed by atoms with Gasteiger partial charge in [0, 0.05) is 9.75 Å². The lowest BCUT2D eigenvalue weighted by molar-refractivity contribution is 0.0678. The third-order valence-electron chi connectivity index (χ3n) is 4.18. The Morgan fingerprint density at radius 1 is 1.47 bits per heavy atom. The van der Waals surface area contributed by atoms with Crippen LogP contribution in [-0.2, 0) is 5.41 Å². The normalized spacial score (nSPS) is 29.2. The Kier molecular flexibility index (Phi) is 3.77. The molecule has 1 heterocycles. The molecule has 3 heteroatoms. The summed E-state index contributed by atoms with van der Waals surface area (Å²) >= 11 is 1.65. The zero-order valence-electron chi connectivity index (χ0n) is 12.2. The van der Waals surface area contributed by atoms with Crippen molar-refractivity contribution in [2.45, 2.75) is 58.5 Å². The fourth-order valence-corrected chi connectivity index (χ4v) is 4.09. The Morgan fingerprint density at radius 2 is 2.16 bits per heavy atom. The SMILES string of the molecule is CC1CCC(C#N)(C(O)c2ccc(C(C)(C)C)s2)C1. The lowest BCUT2D eigenvalue weighted by Gasteiger charge is -2.26. The quantitative estimate of drug-likeness (QED) is 0.870. The summed E-state index contributed by atoms with van der Waals surface area (Å²) in [6.45, 7) is 8.69. The van der Waals surface area contributed by atoms with E-state index < -0.39 is 11.5 Å². The molecule has 2 rings (SSSR count). The van der Waals surface area contributed by atoms with Gasteiger partial charge in [-0.05, 0) is 42.7 Å². The minimum Gasteiger partial charge on any atom is -0.386 e. The molecule has 1 fully saturated rings. The van der Waals surface area contributed by atoms with Gasteiger partial charge in [0.25, 0.3) is 0 Å². The number of nitrogens with zero attached hydrogens (tertiary/aromatic N) is 1. The van der Waals surface area contributed by atoms with E-state index in [0.29, 0.717) is 5.92 Å². The third-order valence-corrected chi connectivity index (χ3v) is 5.74. The first-order valence-corrected chi connectivity index (χ1v) is 7.80. The summed E-state index contributed by atoms with van der Waals surface area (Å²) in [4.78, 5) is 2.21. The second kappa shape index (κ2) is 4.92. The molecule has 0 radical (unpaired) electrons. The molecule has 1 aromatic rings. The third kappa shape index (κ3) is 2.70. The summed E-state index contributed by atoms with van der Waals surface area (Å²) in [6, 6.07) is 6.50. The molecular weight excluding hydrogens is 254 g/mol. The minimum absolute atomic E-state index is 0.103. The standard InChI is InChI=1S/C16H23NOS/c1-11-7-8-16(9-11,10-17)14(18)12-5-6-13(19-12)15(2,3)4/h5-6,11,14,18H,7-9H2,1-4H3. The number of hydrogen-bond donors (Lipinski definition) is 1. The average molecular weight is 277 g/mol. The molecule has 1 aromatic heterocycles. The molecule has 1 aliphatic carbocycles. The van der Waals surface area contributed by atoms with Crippen molar-refractivity contribution < 1.29 is 5.11 Å². The number of thiophene rings is 1. The van der Waals surface area contributed by atoms with Gasteiger partial charge in [0.15, 0.2) is 0 Å². The van der Waals surface area contributed by atoms with Crippen LogP contribution >= 0.6 is 11.3 Å². The van der Waals surface area contributed by atoms with E-state index in [1.165, 1.54) is 4.88 Å². The molecule has 1 N–H and O–H groups in total. The second-order valence-electron chi connectivity index (χ2n) is 6.97. The Labute approximate surface area is 120 Å². The van der Waals surface area contributed by atoms with Gasteiger partial charge < -0.3 is 5.11 Å². The first kappa shape index (κ1) is 14.6. The molecule has 0 aliphatic heterocycles. The maximum atomic E-state index is 10.7. The van der Waals surface area contributed by atoms with Crippen molar-refractivity contribution >= 4 is 11.3 Å². The summed E-state index contributed by atoms with van der Waals surface area (Å²) in [5.74, 6) is 0.538. The zero-order valence-corrected chi connectivity index (χ0v) is 13.0. The van der Waals surface area contributed by atoms with Gasteiger partial charge in [0.1, 0.15) is 6.10 Å². The fourth-order valence-electron chi connectivity index (χ4n) is 2.92. The molecule has 0 spiro atoms. The zero-order chi connectivity index (χ0) is 14.3. The van der Waals surface area contributed by atoms with E-state index >= 15 is 0 Å². The predicted molar refractivity (Wildman–Crippen MR) is 79.0 cm³/mol. The van der Waals surface area contributed by atoms with Crippen molar-refractivity contribution in [3.8, 4) is 6.07 Å². The molecule has 0 bridgehead atoms. The van der Waals surface area contributed by atoms with Gasteiger partial charge in [-0.15, -0.1) is 11.3 Å². The Balaban J connectivity index is 2.27. The number of rotatable bonds is 2. The molecule has 19 heavy (non-hydrogen) atoms. The highest BCUT2D eigenvalue weighted by Gasteiger charge is 2.45. The van der Waals surface area contributed by atoms with E-state index in [2.05, 4.69) is 39.8 Å². The Bertz CT molecular complexity index is 494. The average Bonchev–Trinajstić information content (AvgIpc) is 2.94. The van der Waals surface area contributed by atoms with Crippen LogP contribution in [0.3, 0.4) is 0 Å². The van der Waals surface area contributed by atoms with E-state index in [4.69, 9.17) is 0 Å². The molecule has 0 amide bonds. The highest BCUT2D eigenvalue weighted by atomic mass is 32.1. The predicted octanol–water partition coefficient (Wildman–Crippen LogP) is 4.41. The van der Waals surface area contributed by atoms with Crippen molar-refractivity contribution in [2.75, 3.05) is 0 Å². The van der Waals surface area contributed by atoms with Crippen LogP contribution in [0.1, 0.15) is 62.8 Å². The monoisotopic (exact) mass is 277 g/mol. The van der Waals surface area contributed by atoms with Crippen LogP contribution in [0.25, 0.3) is 0 Å². The van der Waals surface area contributed by atoms with E-state index in [-0.39, 0.29) is 5.41 Å². The van der Waals surface area contributed by atoms with Crippen LogP contribution in [0.2, 0.25) is 0 Å². The highest BCUT2D eigenvalue weighted by Crippen LogP contribution is 2.51. The summed E-state index contributed by atoms with van der Waals surface area (Å²) in [5.41, 5.74) is -0.467. The molecular formula is C16H23NOS. The van der Waals surface area contributed by atoms with Crippen LogP contribution in [0.15, 0.2) is 12.1 Å². The van der Waals surface area contributed by atoms with Gasteiger partial charge in [-0.1, -0.05) is 27.7 Å². The number of aliphatic hydroxyl groups is 1. The van der Waals surface area contributed by atoms with Crippen LogP contribution in [0, 0.1) is 22.7 Å². The first-order chi connectivity index (χ1) is 8.78. The lowest BCUT2D eigenvalue weighted by atomic mass is 9.80. The van der Waals surface area contributed by atoms with Crippen LogP contribution in [0.5, 0.6) is 0 Å². The van der Waals surface area contributed by atoms with Gasteiger partial charge in [0.2, 0.25) is 0 Å². The Morgan fingerprint density at radius 3 is 2.58 bits per heavy atom. The van der Waals surface area contributed by atoms with Gasteiger partial charge in [0.05, 0.1) is 11.5 Å². The van der Waals surface area contributed by atoms with Gasteiger partial charge in [-0.3, -0.25) is 0 Å². The molecule has 3 unspecified atom stereocenters. The number of aliphatic hydroxyl groups excluding tert-OH is 1. The molecule has 1 saturated carbocycles. The molecule has 3 atom stereocenters. The van der Waals surface area contributed by atoms with Crippen LogP contribution in [0.4, 0.5) is 0 Å². The van der Waals surface area contributed by atoms with E-state index in [1.807, 2.05) is 6.07 Å². The lowest BCUT2D eigenvalue weighted by Crippen LogP contribution is -2.23. The van der Waals surface area contributed by atoms with Gasteiger partial charge in [-0.2, -0.15) is 5.26 Å². The number of hydrogen-bond acceptors (Lipinski definition) is 3. The topological polar surface area (TPSA) is 44.0 Å². The van der Waals surface area contributed by atoms with Gasteiger partial charge >= 0.3 is 0 Å². The molecule has 1 aliphatic rings. The van der Waals surface area contributed by atoms with E-state index in [1.54, 1.807) is 11.3 Å². The van der Waals surface area contributed by atoms with Crippen molar-refractivity contribution in [2.24, 2.45) is 11.3 Å². The van der Waals surface area contributed by atoms with E-state index in [9.17, 15) is 10.4 Å². The summed E-state index contributed by atoms with van der Waals surface area (Å²) < 4.78 is 0. The molecule has 0 saturated heterocycles. The molecule has 104 valence electrons. The van der Waals surface area contributed by atoms with Crippen molar-refractivity contribution in [3.63, 3.8) is 0 Å². The fraction of sp³-hybridized carbons (Fsp3) is 0.688. The molecule has 2 nitrogen and oxygen atoms in total. The second-order valence-corrected chi connectivity index (χ2v) is 8.09.